The molecule has 1 fully saturated rings. The molecule has 29 heavy (non-hydrogen) atoms. The Bertz CT molecular complexity index is 997. The van der Waals surface area contributed by atoms with Gasteiger partial charge in [0.2, 0.25) is 0 Å². The maximum Gasteiger partial charge on any atom is 0.277 e. The minimum atomic E-state index is -0.364. The van der Waals surface area contributed by atoms with E-state index in [0.717, 1.165) is 25.9 Å². The van der Waals surface area contributed by atoms with Crippen LogP contribution in [0.5, 0.6) is 0 Å². The number of rotatable bonds is 5. The summed E-state index contributed by atoms with van der Waals surface area (Å²) in [6, 6.07) is 10.4. The van der Waals surface area contributed by atoms with Crippen LogP contribution in [0.25, 0.3) is 0 Å². The first kappa shape index (κ1) is 18.8. The van der Waals surface area contributed by atoms with Gasteiger partial charge in [-0.25, -0.2) is 4.68 Å². The summed E-state index contributed by atoms with van der Waals surface area (Å²) in [5.74, 6) is -0.638. The Morgan fingerprint density at radius 3 is 2.55 bits per heavy atom. The normalized spacial score (nSPS) is 14.3. The fourth-order valence-electron chi connectivity index (χ4n) is 3.20. The van der Waals surface area contributed by atoms with Gasteiger partial charge in [0.05, 0.1) is 12.2 Å². The molecule has 0 aliphatic carbocycles. The van der Waals surface area contributed by atoms with Gasteiger partial charge in [-0.1, -0.05) is 11.3 Å². The molecule has 0 radical (unpaired) electrons. The Balaban J connectivity index is 1.41. The molecule has 0 unspecified atom stereocenters. The van der Waals surface area contributed by atoms with Crippen molar-refractivity contribution in [3.05, 3.63) is 66.2 Å². The van der Waals surface area contributed by atoms with Crippen LogP contribution >= 0.6 is 0 Å². The molecule has 0 atom stereocenters. The number of carbonyl (C=O) groups is 2. The summed E-state index contributed by atoms with van der Waals surface area (Å²) >= 11 is 0. The van der Waals surface area contributed by atoms with E-state index in [9.17, 15) is 9.59 Å². The second kappa shape index (κ2) is 8.61. The Kier molecular flexibility index (Phi) is 5.57. The van der Waals surface area contributed by atoms with E-state index in [-0.39, 0.29) is 23.6 Å². The lowest BCUT2D eigenvalue weighted by atomic mass is 10.1. The van der Waals surface area contributed by atoms with E-state index >= 15 is 0 Å². The van der Waals surface area contributed by atoms with Gasteiger partial charge in [-0.2, -0.15) is 0 Å². The maximum atomic E-state index is 12.5. The van der Waals surface area contributed by atoms with Crippen LogP contribution in [0.2, 0.25) is 0 Å². The molecule has 0 spiro atoms. The molecular weight excluding hydrogens is 370 g/mol. The number of hydrogen-bond acceptors (Lipinski definition) is 6. The molecule has 9 nitrogen and oxygen atoms in total. The highest BCUT2D eigenvalue weighted by Gasteiger charge is 2.19. The number of pyridine rings is 1. The number of aromatic nitrogens is 4. The van der Waals surface area contributed by atoms with Crippen molar-refractivity contribution in [2.24, 2.45) is 0 Å². The highest BCUT2D eigenvalue weighted by Crippen LogP contribution is 2.18. The molecule has 0 bridgehead atoms. The van der Waals surface area contributed by atoms with Crippen LogP contribution in [0.3, 0.4) is 0 Å². The van der Waals surface area contributed by atoms with Gasteiger partial charge < -0.3 is 16.0 Å². The summed E-state index contributed by atoms with van der Waals surface area (Å²) in [6.45, 7) is 1.86. The van der Waals surface area contributed by atoms with Crippen molar-refractivity contribution in [2.45, 2.75) is 18.9 Å². The summed E-state index contributed by atoms with van der Waals surface area (Å²) in [5, 5.41) is 17.0. The van der Waals surface area contributed by atoms with Crippen molar-refractivity contribution >= 4 is 23.2 Å². The lowest BCUT2D eigenvalue weighted by Crippen LogP contribution is -2.29. The van der Waals surface area contributed by atoms with E-state index in [4.69, 9.17) is 0 Å². The third kappa shape index (κ3) is 4.64. The number of nitrogens with one attached hydrogen (secondary N) is 3. The Labute approximate surface area is 167 Å². The van der Waals surface area contributed by atoms with Gasteiger partial charge in [-0.05, 0) is 56.3 Å². The molecule has 4 rings (SSSR count). The zero-order valence-corrected chi connectivity index (χ0v) is 15.7. The number of anilines is 2. The zero-order chi connectivity index (χ0) is 20.1. The standard InChI is InChI=1S/C20H21N7O2/c28-19(23-15-4-8-21-9-5-15)14-2-1-3-16(12-14)24-20(29)18-13-27(26-25-18)17-6-10-22-11-7-17/h1-5,8-9,12-13,17,22H,6-7,10-11H2,(H,24,29)(H,21,23,28). The van der Waals surface area contributed by atoms with Crippen LogP contribution < -0.4 is 16.0 Å². The molecule has 1 aromatic carbocycles. The first-order valence-corrected chi connectivity index (χ1v) is 9.44. The van der Waals surface area contributed by atoms with Crippen LogP contribution in [-0.2, 0) is 0 Å². The van der Waals surface area contributed by atoms with E-state index in [1.807, 2.05) is 0 Å². The summed E-state index contributed by atoms with van der Waals surface area (Å²) < 4.78 is 1.76. The van der Waals surface area contributed by atoms with Crippen LogP contribution in [0.15, 0.2) is 55.0 Å². The first-order chi connectivity index (χ1) is 14.2. The monoisotopic (exact) mass is 391 g/mol. The van der Waals surface area contributed by atoms with E-state index < -0.39 is 0 Å². The Hall–Kier alpha value is -3.59. The van der Waals surface area contributed by atoms with Crippen molar-refractivity contribution in [3.8, 4) is 0 Å². The number of benzene rings is 1. The summed E-state index contributed by atoms with van der Waals surface area (Å²) in [5.41, 5.74) is 1.83. The average Bonchev–Trinajstić information content (AvgIpc) is 3.26. The Morgan fingerprint density at radius 2 is 1.76 bits per heavy atom. The minimum absolute atomic E-state index is 0.246. The minimum Gasteiger partial charge on any atom is -0.322 e. The Morgan fingerprint density at radius 1 is 1.00 bits per heavy atom. The molecule has 9 heteroatoms. The smallest absolute Gasteiger partial charge is 0.277 e. The summed E-state index contributed by atoms with van der Waals surface area (Å²) in [6.07, 6.45) is 6.79. The number of amides is 2. The number of piperidine rings is 1. The van der Waals surface area contributed by atoms with Gasteiger partial charge in [-0.3, -0.25) is 14.6 Å². The van der Waals surface area contributed by atoms with Gasteiger partial charge in [0.1, 0.15) is 0 Å². The third-order valence-corrected chi connectivity index (χ3v) is 4.75. The number of hydrogen-bond donors (Lipinski definition) is 3. The van der Waals surface area contributed by atoms with Crippen LogP contribution in [-0.4, -0.2) is 44.9 Å². The average molecular weight is 391 g/mol. The molecule has 3 aromatic rings. The summed E-state index contributed by atoms with van der Waals surface area (Å²) in [4.78, 5) is 28.9. The van der Waals surface area contributed by atoms with E-state index in [2.05, 4.69) is 31.2 Å². The highest BCUT2D eigenvalue weighted by molar-refractivity contribution is 6.06. The largest absolute Gasteiger partial charge is 0.322 e. The van der Waals surface area contributed by atoms with Gasteiger partial charge in [0.25, 0.3) is 11.8 Å². The van der Waals surface area contributed by atoms with Crippen molar-refractivity contribution in [1.29, 1.82) is 0 Å². The molecule has 3 N–H and O–H groups in total. The lowest BCUT2D eigenvalue weighted by molar-refractivity contribution is 0.101. The second-order valence-electron chi connectivity index (χ2n) is 6.79. The van der Waals surface area contributed by atoms with Gasteiger partial charge >= 0.3 is 0 Å². The van der Waals surface area contributed by atoms with Crippen molar-refractivity contribution in [3.63, 3.8) is 0 Å². The van der Waals surface area contributed by atoms with Gasteiger partial charge in [0, 0.05) is 29.3 Å². The molecule has 3 heterocycles. The van der Waals surface area contributed by atoms with Crippen LogP contribution in [0.1, 0.15) is 39.7 Å². The van der Waals surface area contributed by atoms with Crippen molar-refractivity contribution in [2.75, 3.05) is 23.7 Å². The molecule has 2 aromatic heterocycles. The lowest BCUT2D eigenvalue weighted by Gasteiger charge is -2.22. The van der Waals surface area contributed by atoms with Gasteiger partial charge in [-0.15, -0.1) is 5.10 Å². The van der Waals surface area contributed by atoms with Gasteiger partial charge in [0.15, 0.2) is 5.69 Å². The quantitative estimate of drug-likeness (QED) is 0.614. The molecule has 1 aliphatic heterocycles. The fraction of sp³-hybridized carbons (Fsp3) is 0.250. The first-order valence-electron chi connectivity index (χ1n) is 9.44. The van der Waals surface area contributed by atoms with E-state index in [1.54, 1.807) is 59.7 Å². The SMILES string of the molecule is O=C(Nc1ccncc1)c1cccc(NC(=O)c2cn(C3CCNCC3)nn2)c1. The highest BCUT2D eigenvalue weighted by atomic mass is 16.2. The molecule has 1 saturated heterocycles. The molecule has 148 valence electrons. The predicted molar refractivity (Wildman–Crippen MR) is 108 cm³/mol. The van der Waals surface area contributed by atoms with E-state index in [0.29, 0.717) is 16.9 Å². The zero-order valence-electron chi connectivity index (χ0n) is 15.7. The fourth-order valence-corrected chi connectivity index (χ4v) is 3.20. The predicted octanol–water partition coefficient (Wildman–Crippen LogP) is 2.10. The topological polar surface area (TPSA) is 114 Å². The number of carbonyl (C=O) groups excluding carboxylic acids is 2. The van der Waals surface area contributed by atoms with Crippen molar-refractivity contribution in [1.82, 2.24) is 25.3 Å². The molecular formula is C20H21N7O2. The van der Waals surface area contributed by atoms with Crippen LogP contribution in [0.4, 0.5) is 11.4 Å². The summed E-state index contributed by atoms with van der Waals surface area (Å²) in [7, 11) is 0. The number of nitrogens with zero attached hydrogens (tertiary/aromatic N) is 4. The van der Waals surface area contributed by atoms with Crippen LogP contribution in [0, 0.1) is 0 Å². The molecule has 2 amide bonds. The third-order valence-electron chi connectivity index (χ3n) is 4.75. The van der Waals surface area contributed by atoms with Crippen molar-refractivity contribution < 1.29 is 9.59 Å². The molecule has 0 saturated carbocycles. The second-order valence-corrected chi connectivity index (χ2v) is 6.79. The molecule has 1 aliphatic rings. The van der Waals surface area contributed by atoms with E-state index in [1.165, 1.54) is 0 Å². The maximum absolute atomic E-state index is 12.5.